The van der Waals surface area contributed by atoms with Gasteiger partial charge in [0, 0.05) is 24.1 Å². The molecule has 3 aromatic rings. The number of amides is 1. The van der Waals surface area contributed by atoms with Crippen molar-refractivity contribution in [2.45, 2.75) is 6.54 Å². The van der Waals surface area contributed by atoms with Crippen molar-refractivity contribution in [3.8, 4) is 5.75 Å². The largest absolute Gasteiger partial charge is 0.492 e. The lowest BCUT2D eigenvalue weighted by Crippen LogP contribution is -2.17. The van der Waals surface area contributed by atoms with Gasteiger partial charge in [0.15, 0.2) is 0 Å². The maximum Gasteiger partial charge on any atom is 0.257 e. The number of nitrogens with one attached hydrogen (secondary N) is 2. The maximum absolute atomic E-state index is 12.6. The molecule has 0 aliphatic heterocycles. The molecule has 0 spiro atoms. The minimum absolute atomic E-state index is 0.217. The van der Waals surface area contributed by atoms with E-state index in [0.717, 1.165) is 6.26 Å². The molecule has 9 heteroatoms. The molecule has 0 atom stereocenters. The highest BCUT2D eigenvalue weighted by atomic mass is 32.2. The molecule has 0 saturated heterocycles. The van der Waals surface area contributed by atoms with Crippen molar-refractivity contribution in [2.75, 3.05) is 22.9 Å². The van der Waals surface area contributed by atoms with Gasteiger partial charge in [0.25, 0.3) is 5.91 Å². The van der Waals surface area contributed by atoms with Crippen LogP contribution in [0.15, 0.2) is 67.0 Å². The predicted octanol–water partition coefficient (Wildman–Crippen LogP) is 2.59. The molecular formula is C19H20N4O4S. The first-order valence-electron chi connectivity index (χ1n) is 8.49. The fraction of sp³-hybridized carbons (Fsp3) is 0.158. The molecule has 3 rings (SSSR count). The van der Waals surface area contributed by atoms with Crippen LogP contribution in [0.4, 0.5) is 11.4 Å². The lowest BCUT2D eigenvalue weighted by atomic mass is 10.1. The van der Waals surface area contributed by atoms with E-state index in [2.05, 4.69) is 15.1 Å². The molecule has 28 heavy (non-hydrogen) atoms. The molecule has 0 radical (unpaired) electrons. The number of hydrogen-bond acceptors (Lipinski definition) is 5. The highest BCUT2D eigenvalue weighted by molar-refractivity contribution is 7.92. The Kier molecular flexibility index (Phi) is 5.95. The Balaban J connectivity index is 1.66. The lowest BCUT2D eigenvalue weighted by Gasteiger charge is -2.12. The summed E-state index contributed by atoms with van der Waals surface area (Å²) in [6.07, 6.45) is 4.58. The molecule has 2 N–H and O–H groups in total. The molecule has 0 unspecified atom stereocenters. The summed E-state index contributed by atoms with van der Waals surface area (Å²) in [4.78, 5) is 12.6. The molecule has 1 aromatic heterocycles. The third-order valence-electron chi connectivity index (χ3n) is 3.71. The smallest absolute Gasteiger partial charge is 0.257 e. The molecular weight excluding hydrogens is 380 g/mol. The second kappa shape index (κ2) is 8.57. The molecule has 0 aliphatic rings. The minimum atomic E-state index is -3.50. The number of hydrogen-bond donors (Lipinski definition) is 2. The summed E-state index contributed by atoms with van der Waals surface area (Å²) in [7, 11) is -3.50. The standard InChI is InChI=1S/C19H20N4O4S/c1-28(25,26)22-18-9-3-2-8-17(18)19(24)21-15-6-4-7-16(14-15)27-13-12-23-11-5-10-20-23/h2-11,14,22H,12-13H2,1H3,(H,21,24). The van der Waals surface area contributed by atoms with E-state index in [-0.39, 0.29) is 11.3 Å². The van der Waals surface area contributed by atoms with Crippen molar-refractivity contribution in [1.82, 2.24) is 9.78 Å². The molecule has 0 saturated carbocycles. The van der Waals surface area contributed by atoms with Crippen molar-refractivity contribution < 1.29 is 17.9 Å². The summed E-state index contributed by atoms with van der Waals surface area (Å²) in [6, 6.07) is 15.2. The third-order valence-corrected chi connectivity index (χ3v) is 4.30. The second-order valence-electron chi connectivity index (χ2n) is 6.02. The Morgan fingerprint density at radius 1 is 1.14 bits per heavy atom. The van der Waals surface area contributed by atoms with Crippen molar-refractivity contribution in [3.05, 3.63) is 72.6 Å². The number of benzene rings is 2. The zero-order chi connectivity index (χ0) is 20.0. The molecule has 8 nitrogen and oxygen atoms in total. The number of aromatic nitrogens is 2. The average molecular weight is 400 g/mol. The normalized spacial score (nSPS) is 11.0. The summed E-state index contributed by atoms with van der Waals surface area (Å²) in [5.41, 5.74) is 0.975. The Labute approximate surface area is 163 Å². The van der Waals surface area contributed by atoms with E-state index in [1.165, 1.54) is 6.07 Å². The molecule has 0 fully saturated rings. The SMILES string of the molecule is CS(=O)(=O)Nc1ccccc1C(=O)Nc1cccc(OCCn2cccn2)c1. The van der Waals surface area contributed by atoms with Crippen molar-refractivity contribution in [1.29, 1.82) is 0 Å². The Morgan fingerprint density at radius 2 is 1.96 bits per heavy atom. The lowest BCUT2D eigenvalue weighted by molar-refractivity contribution is 0.102. The highest BCUT2D eigenvalue weighted by Crippen LogP contribution is 2.21. The van der Waals surface area contributed by atoms with Gasteiger partial charge in [-0.3, -0.25) is 14.2 Å². The van der Waals surface area contributed by atoms with Crippen LogP contribution >= 0.6 is 0 Å². The van der Waals surface area contributed by atoms with Crippen LogP contribution in [0.1, 0.15) is 10.4 Å². The van der Waals surface area contributed by atoms with Crippen LogP contribution < -0.4 is 14.8 Å². The van der Waals surface area contributed by atoms with E-state index in [4.69, 9.17) is 4.74 Å². The van der Waals surface area contributed by atoms with Gasteiger partial charge in [-0.15, -0.1) is 0 Å². The monoisotopic (exact) mass is 400 g/mol. The number of anilines is 2. The van der Waals surface area contributed by atoms with Gasteiger partial charge in [-0.05, 0) is 30.3 Å². The average Bonchev–Trinajstić information content (AvgIpc) is 3.14. The van der Waals surface area contributed by atoms with Crippen molar-refractivity contribution >= 4 is 27.3 Å². The number of carbonyl (C=O) groups is 1. The number of sulfonamides is 1. The van der Waals surface area contributed by atoms with Gasteiger partial charge < -0.3 is 10.1 Å². The summed E-state index contributed by atoms with van der Waals surface area (Å²) in [5, 5.41) is 6.86. The van der Waals surface area contributed by atoms with Crippen LogP contribution in [0.2, 0.25) is 0 Å². The fourth-order valence-corrected chi connectivity index (χ4v) is 3.10. The molecule has 1 heterocycles. The molecule has 0 bridgehead atoms. The minimum Gasteiger partial charge on any atom is -0.492 e. The first kappa shape index (κ1) is 19.4. The number of ether oxygens (including phenoxy) is 1. The molecule has 0 aliphatic carbocycles. The first-order valence-corrected chi connectivity index (χ1v) is 10.4. The van der Waals surface area contributed by atoms with Crippen LogP contribution in [-0.2, 0) is 16.6 Å². The van der Waals surface area contributed by atoms with E-state index in [9.17, 15) is 13.2 Å². The number of rotatable bonds is 8. The predicted molar refractivity (Wildman–Crippen MR) is 107 cm³/mol. The van der Waals surface area contributed by atoms with Gasteiger partial charge in [-0.2, -0.15) is 5.10 Å². The summed E-state index contributed by atoms with van der Waals surface area (Å²) < 4.78 is 32.8. The van der Waals surface area contributed by atoms with E-state index >= 15 is 0 Å². The Hall–Kier alpha value is -3.33. The number of carbonyl (C=O) groups excluding carboxylic acids is 1. The van der Waals surface area contributed by atoms with Gasteiger partial charge >= 0.3 is 0 Å². The second-order valence-corrected chi connectivity index (χ2v) is 7.77. The van der Waals surface area contributed by atoms with Gasteiger partial charge in [0.05, 0.1) is 24.1 Å². The molecule has 146 valence electrons. The van der Waals surface area contributed by atoms with Crippen LogP contribution in [0, 0.1) is 0 Å². The van der Waals surface area contributed by atoms with Gasteiger partial charge in [-0.25, -0.2) is 8.42 Å². The van der Waals surface area contributed by atoms with Crippen molar-refractivity contribution in [2.24, 2.45) is 0 Å². The van der Waals surface area contributed by atoms with Crippen LogP contribution in [0.25, 0.3) is 0 Å². The zero-order valence-corrected chi connectivity index (χ0v) is 16.0. The summed E-state index contributed by atoms with van der Waals surface area (Å²) in [6.45, 7) is 1.04. The van der Waals surface area contributed by atoms with E-state index in [1.54, 1.807) is 53.3 Å². The van der Waals surface area contributed by atoms with Crippen molar-refractivity contribution in [3.63, 3.8) is 0 Å². The molecule has 2 aromatic carbocycles. The summed E-state index contributed by atoms with van der Waals surface area (Å²) >= 11 is 0. The summed E-state index contributed by atoms with van der Waals surface area (Å²) in [5.74, 6) is 0.174. The van der Waals surface area contributed by atoms with Gasteiger partial charge in [-0.1, -0.05) is 18.2 Å². The van der Waals surface area contributed by atoms with E-state index in [0.29, 0.717) is 24.6 Å². The fourth-order valence-electron chi connectivity index (χ4n) is 2.52. The number of para-hydroxylation sites is 1. The Morgan fingerprint density at radius 3 is 2.71 bits per heavy atom. The van der Waals surface area contributed by atoms with E-state index < -0.39 is 15.9 Å². The van der Waals surface area contributed by atoms with Crippen LogP contribution in [0.3, 0.4) is 0 Å². The quantitative estimate of drug-likeness (QED) is 0.605. The molecule has 1 amide bonds. The van der Waals surface area contributed by atoms with E-state index in [1.807, 2.05) is 12.3 Å². The highest BCUT2D eigenvalue weighted by Gasteiger charge is 2.14. The first-order chi connectivity index (χ1) is 13.4. The maximum atomic E-state index is 12.6. The van der Waals surface area contributed by atoms with Crippen LogP contribution in [-0.4, -0.2) is 37.0 Å². The topological polar surface area (TPSA) is 102 Å². The zero-order valence-electron chi connectivity index (χ0n) is 15.2. The Bertz CT molecular complexity index is 1050. The van der Waals surface area contributed by atoms with Gasteiger partial charge in [0.2, 0.25) is 10.0 Å². The number of nitrogens with zero attached hydrogens (tertiary/aromatic N) is 2. The van der Waals surface area contributed by atoms with Crippen LogP contribution in [0.5, 0.6) is 5.75 Å². The van der Waals surface area contributed by atoms with Gasteiger partial charge in [0.1, 0.15) is 12.4 Å². The third kappa shape index (κ3) is 5.58.